The first kappa shape index (κ1) is 14.2. The quantitative estimate of drug-likeness (QED) is 0.502. The predicted octanol–water partition coefficient (Wildman–Crippen LogP) is 4.77. The van der Waals surface area contributed by atoms with Crippen molar-refractivity contribution >= 4 is 38.7 Å². The highest BCUT2D eigenvalue weighted by atomic mass is 32.1. The summed E-state index contributed by atoms with van der Waals surface area (Å²) in [4.78, 5) is 16.7. The number of thiophene rings is 2. The summed E-state index contributed by atoms with van der Waals surface area (Å²) in [7, 11) is 0. The summed E-state index contributed by atoms with van der Waals surface area (Å²) in [5.74, 6) is -0.153. The first-order valence-electron chi connectivity index (χ1n) is 6.92. The van der Waals surface area contributed by atoms with Crippen molar-refractivity contribution < 1.29 is 13.9 Å². The molecule has 0 amide bonds. The maximum atomic E-state index is 11.9. The highest BCUT2D eigenvalue weighted by Gasteiger charge is 2.11. The molecule has 6 heteroatoms. The molecule has 0 aliphatic heterocycles. The van der Waals surface area contributed by atoms with E-state index in [2.05, 4.69) is 40.0 Å². The van der Waals surface area contributed by atoms with Gasteiger partial charge in [0.15, 0.2) is 12.7 Å². The van der Waals surface area contributed by atoms with Crippen molar-refractivity contribution in [3.63, 3.8) is 0 Å². The molecule has 0 saturated carbocycles. The lowest BCUT2D eigenvalue weighted by Crippen LogP contribution is -2.10. The molecule has 114 valence electrons. The summed E-state index contributed by atoms with van der Waals surface area (Å²) in [6.07, 6.45) is 2.75. The van der Waals surface area contributed by atoms with Crippen LogP contribution in [0.5, 0.6) is 5.88 Å². The highest BCUT2D eigenvalue weighted by Crippen LogP contribution is 2.31. The van der Waals surface area contributed by atoms with E-state index in [4.69, 9.17) is 9.15 Å². The summed E-state index contributed by atoms with van der Waals surface area (Å²) in [5.41, 5.74) is 2.41. The molecule has 0 saturated heterocycles. The molecule has 3 heterocycles. The second-order valence-electron chi connectivity index (χ2n) is 4.95. The third-order valence-corrected chi connectivity index (χ3v) is 5.17. The zero-order valence-corrected chi connectivity index (χ0v) is 13.5. The fourth-order valence-corrected chi connectivity index (χ4v) is 4.04. The fraction of sp³-hybridized carbons (Fsp3) is 0.0588. The van der Waals surface area contributed by atoms with Gasteiger partial charge in [0.25, 0.3) is 5.88 Å². The number of hydrogen-bond donors (Lipinski definition) is 0. The molecule has 23 heavy (non-hydrogen) atoms. The Morgan fingerprint density at radius 1 is 1.22 bits per heavy atom. The molecule has 0 aliphatic rings. The Bertz CT molecular complexity index is 940. The van der Waals surface area contributed by atoms with Crippen molar-refractivity contribution in [2.75, 3.05) is 0 Å². The van der Waals surface area contributed by atoms with E-state index in [0.717, 1.165) is 15.0 Å². The van der Waals surface area contributed by atoms with Crippen LogP contribution in [0.15, 0.2) is 58.2 Å². The molecule has 0 aliphatic carbocycles. The molecule has 0 unspecified atom stereocenters. The van der Waals surface area contributed by atoms with Crippen molar-refractivity contribution in [2.24, 2.45) is 0 Å². The summed E-state index contributed by atoms with van der Waals surface area (Å²) < 4.78 is 11.0. The minimum Gasteiger partial charge on any atom is -0.448 e. The van der Waals surface area contributed by atoms with Gasteiger partial charge in [0, 0.05) is 9.58 Å². The Labute approximate surface area is 140 Å². The van der Waals surface area contributed by atoms with Crippen LogP contribution in [0, 0.1) is 0 Å². The summed E-state index contributed by atoms with van der Waals surface area (Å²) in [5, 5.41) is 5.34. The van der Waals surface area contributed by atoms with E-state index in [1.54, 1.807) is 22.7 Å². The van der Waals surface area contributed by atoms with E-state index >= 15 is 0 Å². The number of hydrogen-bond acceptors (Lipinski definition) is 6. The first-order chi connectivity index (χ1) is 11.3. The van der Waals surface area contributed by atoms with Gasteiger partial charge in [-0.15, -0.1) is 11.3 Å². The van der Waals surface area contributed by atoms with Gasteiger partial charge in [-0.3, -0.25) is 4.79 Å². The van der Waals surface area contributed by atoms with Gasteiger partial charge >= 0.3 is 5.97 Å². The van der Waals surface area contributed by atoms with Gasteiger partial charge in [0.2, 0.25) is 0 Å². The zero-order valence-electron chi connectivity index (χ0n) is 11.9. The van der Waals surface area contributed by atoms with Crippen LogP contribution in [-0.4, -0.2) is 11.0 Å². The Kier molecular flexibility index (Phi) is 3.69. The number of carbonyl (C=O) groups is 1. The molecule has 4 nitrogen and oxygen atoms in total. The van der Waals surface area contributed by atoms with E-state index in [0.29, 0.717) is 0 Å². The molecule has 4 rings (SSSR count). The third kappa shape index (κ3) is 3.04. The van der Waals surface area contributed by atoms with Gasteiger partial charge in [-0.05, 0) is 51.5 Å². The van der Waals surface area contributed by atoms with Gasteiger partial charge in [-0.1, -0.05) is 6.07 Å². The monoisotopic (exact) mass is 341 g/mol. The fourth-order valence-electron chi connectivity index (χ4n) is 2.34. The molecule has 0 fully saturated rings. The minimum atomic E-state index is -0.344. The number of rotatable bonds is 4. The van der Waals surface area contributed by atoms with Gasteiger partial charge < -0.3 is 9.15 Å². The van der Waals surface area contributed by atoms with Crippen LogP contribution in [0.3, 0.4) is 0 Å². The standard InChI is InChI=1S/C17H11NO3S2/c19-17(21-16-8-20-10-18-16)7-14-6-13-5-11(1-2-15(13)23-14)12-3-4-22-9-12/h1-6,8-10H,7H2. The number of carbonyl (C=O) groups excluding carboxylic acids is 1. The van der Waals surface area contributed by atoms with Gasteiger partial charge in [-0.25, -0.2) is 0 Å². The van der Waals surface area contributed by atoms with Crippen molar-refractivity contribution in [2.45, 2.75) is 6.42 Å². The van der Waals surface area contributed by atoms with Crippen molar-refractivity contribution in [1.29, 1.82) is 0 Å². The Hall–Kier alpha value is -2.44. The smallest absolute Gasteiger partial charge is 0.317 e. The normalized spacial score (nSPS) is 11.0. The number of ether oxygens (including phenoxy) is 1. The molecule has 0 atom stereocenters. The van der Waals surface area contributed by atoms with Crippen LogP contribution < -0.4 is 4.74 Å². The van der Waals surface area contributed by atoms with Crippen LogP contribution in [-0.2, 0) is 11.2 Å². The van der Waals surface area contributed by atoms with Crippen LogP contribution in [0.1, 0.15) is 4.88 Å². The van der Waals surface area contributed by atoms with Gasteiger partial charge in [-0.2, -0.15) is 16.3 Å². The molecular formula is C17H11NO3S2. The Morgan fingerprint density at radius 3 is 2.96 bits per heavy atom. The SMILES string of the molecule is O=C(Cc1cc2cc(-c3ccsc3)ccc2s1)Oc1cocn1. The number of benzene rings is 1. The summed E-state index contributed by atoms with van der Waals surface area (Å²) in [6.45, 7) is 0. The summed E-state index contributed by atoms with van der Waals surface area (Å²) in [6, 6.07) is 10.5. The minimum absolute atomic E-state index is 0.191. The lowest BCUT2D eigenvalue weighted by Gasteiger charge is -1.97. The molecule has 1 aromatic carbocycles. The molecule has 0 bridgehead atoms. The number of nitrogens with zero attached hydrogens (tertiary/aromatic N) is 1. The van der Waals surface area contributed by atoms with Crippen molar-refractivity contribution in [1.82, 2.24) is 4.98 Å². The maximum absolute atomic E-state index is 11.9. The van der Waals surface area contributed by atoms with Crippen molar-refractivity contribution in [3.05, 3.63) is 58.6 Å². The second kappa shape index (κ2) is 5.98. The van der Waals surface area contributed by atoms with Crippen molar-refractivity contribution in [3.8, 4) is 17.0 Å². The zero-order chi connectivity index (χ0) is 15.6. The first-order valence-corrected chi connectivity index (χ1v) is 8.68. The van der Waals surface area contributed by atoms with E-state index < -0.39 is 0 Å². The highest BCUT2D eigenvalue weighted by molar-refractivity contribution is 7.19. The lowest BCUT2D eigenvalue weighted by atomic mass is 10.1. The molecule has 4 aromatic rings. The third-order valence-electron chi connectivity index (χ3n) is 3.37. The lowest BCUT2D eigenvalue weighted by molar-refractivity contribution is -0.133. The second-order valence-corrected chi connectivity index (χ2v) is 6.90. The average Bonchev–Trinajstić information content (AvgIpc) is 3.27. The average molecular weight is 341 g/mol. The molecule has 0 radical (unpaired) electrons. The number of oxazole rings is 1. The largest absolute Gasteiger partial charge is 0.448 e. The van der Waals surface area contributed by atoms with Gasteiger partial charge in [0.05, 0.1) is 6.42 Å². The maximum Gasteiger partial charge on any atom is 0.317 e. The number of aromatic nitrogens is 1. The topological polar surface area (TPSA) is 52.3 Å². The Balaban J connectivity index is 1.55. The van der Waals surface area contributed by atoms with E-state index in [-0.39, 0.29) is 18.3 Å². The Morgan fingerprint density at radius 2 is 2.17 bits per heavy atom. The van der Waals surface area contributed by atoms with E-state index in [1.165, 1.54) is 23.8 Å². The van der Waals surface area contributed by atoms with Crippen LogP contribution in [0.4, 0.5) is 0 Å². The number of fused-ring (bicyclic) bond motifs is 1. The van der Waals surface area contributed by atoms with Crippen LogP contribution in [0.25, 0.3) is 21.2 Å². The van der Waals surface area contributed by atoms with Crippen LogP contribution in [0.2, 0.25) is 0 Å². The van der Waals surface area contributed by atoms with Crippen LogP contribution >= 0.6 is 22.7 Å². The van der Waals surface area contributed by atoms with E-state index in [1.807, 2.05) is 6.07 Å². The number of esters is 1. The molecule has 0 N–H and O–H groups in total. The van der Waals surface area contributed by atoms with Gasteiger partial charge in [0.1, 0.15) is 0 Å². The molecular weight excluding hydrogens is 330 g/mol. The molecule has 0 spiro atoms. The van der Waals surface area contributed by atoms with E-state index in [9.17, 15) is 4.79 Å². The molecule has 3 aromatic heterocycles. The predicted molar refractivity (Wildman–Crippen MR) is 91.0 cm³/mol. The summed E-state index contributed by atoms with van der Waals surface area (Å²) >= 11 is 3.29.